The topological polar surface area (TPSA) is 34.3 Å². The lowest BCUT2D eigenvalue weighted by Crippen LogP contribution is -2.30. The maximum atomic E-state index is 5.85. The Kier molecular flexibility index (Phi) is 2.55. The smallest absolute Gasteiger partial charge is 0.287 e. The van der Waals surface area contributed by atoms with E-state index < -0.39 is 0 Å². The monoisotopic (exact) mass is 376 g/mol. The van der Waals surface area contributed by atoms with E-state index in [0.717, 1.165) is 21.9 Å². The summed E-state index contributed by atoms with van der Waals surface area (Å²) in [6.45, 7) is 4.44. The minimum Gasteiger partial charge on any atom is -0.460 e. The maximum absolute atomic E-state index is 5.85. The van der Waals surface area contributed by atoms with Crippen LogP contribution in [0.25, 0.3) is 60.1 Å². The first-order valence-corrected chi connectivity index (χ1v) is 9.88. The van der Waals surface area contributed by atoms with Crippen molar-refractivity contribution in [1.82, 2.24) is 9.38 Å². The van der Waals surface area contributed by atoms with Crippen LogP contribution in [0.2, 0.25) is 0 Å². The standard InChI is InChI=1S/C25H18N3O/c1-13-10-17-16-6-4-5-7-18(16)28-19-11-15-8-9-29-25(15)22-21(19)24(27(3)12-26-22)20(14(13)2)23(17)28/h4-12H,1-3H3/q+1. The van der Waals surface area contributed by atoms with E-state index in [1.54, 1.807) is 6.26 Å². The highest BCUT2D eigenvalue weighted by Crippen LogP contribution is 2.42. The van der Waals surface area contributed by atoms with Crippen molar-refractivity contribution in [3.8, 4) is 0 Å². The molecule has 0 amide bonds. The number of aromatic nitrogens is 3. The zero-order valence-corrected chi connectivity index (χ0v) is 16.4. The average Bonchev–Trinajstić information content (AvgIpc) is 3.32. The van der Waals surface area contributed by atoms with Crippen LogP contribution < -0.4 is 4.57 Å². The summed E-state index contributed by atoms with van der Waals surface area (Å²) in [6.07, 6.45) is 3.67. The second kappa shape index (κ2) is 4.84. The molecular weight excluding hydrogens is 358 g/mol. The van der Waals surface area contributed by atoms with Gasteiger partial charge in [-0.25, -0.2) is 4.57 Å². The first-order valence-electron chi connectivity index (χ1n) is 9.88. The third-order valence-corrected chi connectivity index (χ3v) is 6.60. The van der Waals surface area contributed by atoms with Gasteiger partial charge in [-0.1, -0.05) is 18.2 Å². The molecule has 0 saturated heterocycles. The van der Waals surface area contributed by atoms with E-state index in [0.29, 0.717) is 0 Å². The third kappa shape index (κ3) is 1.63. The molecule has 0 unspecified atom stereocenters. The lowest BCUT2D eigenvalue weighted by atomic mass is 9.97. The number of hydrogen-bond acceptors (Lipinski definition) is 2. The number of rotatable bonds is 0. The molecule has 0 saturated carbocycles. The van der Waals surface area contributed by atoms with Crippen LogP contribution in [0.4, 0.5) is 0 Å². The molecule has 0 atom stereocenters. The molecule has 4 aromatic heterocycles. The quantitative estimate of drug-likeness (QED) is 0.197. The first-order chi connectivity index (χ1) is 14.1. The predicted octanol–water partition coefficient (Wildman–Crippen LogP) is 5.57. The zero-order chi connectivity index (χ0) is 19.4. The van der Waals surface area contributed by atoms with E-state index in [1.165, 1.54) is 49.4 Å². The molecule has 0 aliphatic rings. The lowest BCUT2D eigenvalue weighted by Gasteiger charge is -2.14. The van der Waals surface area contributed by atoms with Gasteiger partial charge in [0.2, 0.25) is 5.52 Å². The van der Waals surface area contributed by atoms with Crippen LogP contribution in [0, 0.1) is 13.8 Å². The fourth-order valence-electron chi connectivity index (χ4n) is 5.19. The summed E-state index contributed by atoms with van der Waals surface area (Å²) in [4.78, 5) is 4.79. The number of nitrogens with zero attached hydrogens (tertiary/aromatic N) is 3. The van der Waals surface area contributed by atoms with E-state index in [2.05, 4.69) is 66.3 Å². The van der Waals surface area contributed by atoms with E-state index in [-0.39, 0.29) is 0 Å². The molecule has 0 aliphatic heterocycles. The number of para-hydroxylation sites is 1. The fraction of sp³-hybridized carbons (Fsp3) is 0.120. The Balaban J connectivity index is 2.02. The third-order valence-electron chi connectivity index (χ3n) is 6.60. The van der Waals surface area contributed by atoms with Crippen LogP contribution in [0.3, 0.4) is 0 Å². The molecule has 4 heterocycles. The molecule has 0 bridgehead atoms. The Morgan fingerprint density at radius 1 is 0.966 bits per heavy atom. The summed E-state index contributed by atoms with van der Waals surface area (Å²) in [5.41, 5.74) is 9.31. The highest BCUT2D eigenvalue weighted by atomic mass is 16.3. The Labute approximate surface area is 165 Å². The van der Waals surface area contributed by atoms with Crippen molar-refractivity contribution in [1.29, 1.82) is 0 Å². The Morgan fingerprint density at radius 2 is 1.83 bits per heavy atom. The molecule has 0 aliphatic carbocycles. The van der Waals surface area contributed by atoms with Crippen LogP contribution in [0.1, 0.15) is 11.1 Å². The number of benzene rings is 3. The number of aryl methyl sites for hydroxylation is 3. The van der Waals surface area contributed by atoms with E-state index in [1.807, 2.05) is 12.4 Å². The van der Waals surface area contributed by atoms with Crippen molar-refractivity contribution < 1.29 is 8.98 Å². The summed E-state index contributed by atoms with van der Waals surface area (Å²) in [7, 11) is 2.09. The van der Waals surface area contributed by atoms with Gasteiger partial charge in [0.15, 0.2) is 5.58 Å². The van der Waals surface area contributed by atoms with Crippen LogP contribution in [0.15, 0.2) is 59.5 Å². The van der Waals surface area contributed by atoms with Gasteiger partial charge in [0.25, 0.3) is 6.33 Å². The molecule has 0 N–H and O–H groups in total. The lowest BCUT2D eigenvalue weighted by molar-refractivity contribution is -0.646. The van der Waals surface area contributed by atoms with E-state index in [9.17, 15) is 0 Å². The van der Waals surface area contributed by atoms with Crippen molar-refractivity contribution >= 4 is 60.1 Å². The SMILES string of the molecule is Cc1cc2c3ccccc3n3c4cc5ccoc5c5nc[n+](C)c(c(c1C)c23)c54. The molecule has 4 heteroatoms. The second-order valence-corrected chi connectivity index (χ2v) is 8.10. The van der Waals surface area contributed by atoms with Gasteiger partial charge >= 0.3 is 0 Å². The van der Waals surface area contributed by atoms with Crippen LogP contribution in [0.5, 0.6) is 0 Å². The fourth-order valence-corrected chi connectivity index (χ4v) is 5.19. The molecule has 0 fully saturated rings. The van der Waals surface area contributed by atoms with Gasteiger partial charge < -0.3 is 8.82 Å². The van der Waals surface area contributed by atoms with Crippen LogP contribution in [-0.2, 0) is 7.05 Å². The second-order valence-electron chi connectivity index (χ2n) is 8.10. The Morgan fingerprint density at radius 3 is 2.72 bits per heavy atom. The molecule has 7 aromatic rings. The number of pyridine rings is 1. The summed E-state index contributed by atoms with van der Waals surface area (Å²) in [5.74, 6) is 0. The summed E-state index contributed by atoms with van der Waals surface area (Å²) in [6, 6.07) is 15.3. The number of fused-ring (bicyclic) bond motifs is 7. The average molecular weight is 376 g/mol. The van der Waals surface area contributed by atoms with Crippen molar-refractivity contribution in [3.63, 3.8) is 0 Å². The van der Waals surface area contributed by atoms with Gasteiger partial charge in [0, 0.05) is 16.2 Å². The van der Waals surface area contributed by atoms with Gasteiger partial charge in [-0.3, -0.25) is 0 Å². The molecule has 3 aromatic carbocycles. The van der Waals surface area contributed by atoms with Crippen molar-refractivity contribution in [2.24, 2.45) is 7.05 Å². The maximum Gasteiger partial charge on any atom is 0.287 e. The van der Waals surface area contributed by atoms with Gasteiger partial charge in [-0.15, -0.1) is 0 Å². The Bertz CT molecular complexity index is 1790. The molecule has 29 heavy (non-hydrogen) atoms. The summed E-state index contributed by atoms with van der Waals surface area (Å²) in [5, 5.41) is 6.13. The van der Waals surface area contributed by atoms with Gasteiger partial charge in [0.05, 0.1) is 35.2 Å². The summed E-state index contributed by atoms with van der Waals surface area (Å²) >= 11 is 0. The van der Waals surface area contributed by atoms with Gasteiger partial charge in [-0.2, -0.15) is 0 Å². The predicted molar refractivity (Wildman–Crippen MR) is 117 cm³/mol. The van der Waals surface area contributed by atoms with Crippen LogP contribution >= 0.6 is 0 Å². The highest BCUT2D eigenvalue weighted by Gasteiger charge is 2.26. The minimum atomic E-state index is 0.854. The first kappa shape index (κ1) is 15.3. The minimum absolute atomic E-state index is 0.854. The largest absolute Gasteiger partial charge is 0.460 e. The molecular formula is C25H18N3O+. The van der Waals surface area contributed by atoms with Crippen molar-refractivity contribution in [2.75, 3.05) is 0 Å². The van der Waals surface area contributed by atoms with Crippen molar-refractivity contribution in [2.45, 2.75) is 13.8 Å². The summed E-state index contributed by atoms with van der Waals surface area (Å²) < 4.78 is 10.4. The molecule has 0 spiro atoms. The van der Waals surface area contributed by atoms with Gasteiger partial charge in [0.1, 0.15) is 10.9 Å². The normalized spacial score (nSPS) is 12.7. The van der Waals surface area contributed by atoms with E-state index in [4.69, 9.17) is 9.40 Å². The van der Waals surface area contributed by atoms with Crippen LogP contribution in [-0.4, -0.2) is 9.38 Å². The Hall–Kier alpha value is -3.66. The number of furan rings is 1. The zero-order valence-electron chi connectivity index (χ0n) is 16.4. The molecule has 0 radical (unpaired) electrons. The van der Waals surface area contributed by atoms with Crippen molar-refractivity contribution in [3.05, 3.63) is 66.2 Å². The van der Waals surface area contributed by atoms with E-state index >= 15 is 0 Å². The highest BCUT2D eigenvalue weighted by molar-refractivity contribution is 6.28. The van der Waals surface area contributed by atoms with Gasteiger partial charge in [-0.05, 0) is 54.2 Å². The number of hydrogen-bond donors (Lipinski definition) is 0. The molecule has 138 valence electrons. The molecule has 7 rings (SSSR count). The molecule has 4 nitrogen and oxygen atoms in total.